The van der Waals surface area contributed by atoms with Gasteiger partial charge in [-0.25, -0.2) is 8.42 Å². The van der Waals surface area contributed by atoms with E-state index in [2.05, 4.69) is 14.9 Å². The molecule has 1 aromatic heterocycles. The molecule has 152 valence electrons. The number of aryl methyl sites for hydroxylation is 1. The lowest BCUT2D eigenvalue weighted by molar-refractivity contribution is -0.0517. The van der Waals surface area contributed by atoms with Crippen LogP contribution in [0.4, 0.5) is 20.3 Å². The van der Waals surface area contributed by atoms with Crippen LogP contribution in [0.2, 0.25) is 0 Å². The molecule has 2 aromatic rings. The lowest BCUT2D eigenvalue weighted by atomic mass is 10.1. The van der Waals surface area contributed by atoms with E-state index in [1.54, 1.807) is 6.08 Å². The number of hydrogen-bond acceptors (Lipinski definition) is 5. The van der Waals surface area contributed by atoms with Gasteiger partial charge in [-0.15, -0.1) is 0 Å². The van der Waals surface area contributed by atoms with Crippen LogP contribution in [0.25, 0.3) is 6.08 Å². The fourth-order valence-corrected chi connectivity index (χ4v) is 4.29. The molecule has 0 radical (unpaired) electrons. The molecule has 0 unspecified atom stereocenters. The van der Waals surface area contributed by atoms with E-state index >= 15 is 0 Å². The first kappa shape index (κ1) is 20.3. The van der Waals surface area contributed by atoms with Gasteiger partial charge in [0.2, 0.25) is 0 Å². The van der Waals surface area contributed by atoms with Crippen molar-refractivity contribution in [3.8, 4) is 5.75 Å². The highest BCUT2D eigenvalue weighted by molar-refractivity contribution is 7.92. The number of hydrogen-bond donors (Lipinski definition) is 1. The van der Waals surface area contributed by atoms with Gasteiger partial charge in [-0.3, -0.25) is 5.10 Å². The average molecular weight is 411 g/mol. The Morgan fingerprint density at radius 1 is 1.25 bits per heavy atom. The summed E-state index contributed by atoms with van der Waals surface area (Å²) in [6.07, 6.45) is 3.64. The number of aromatic nitrogens is 2. The minimum atomic E-state index is -3.90. The molecule has 1 aliphatic rings. The number of alkyl halides is 2. The molecular formula is C19H23F2N3O3S. The largest absolute Gasteiger partial charge is 0.433 e. The second kappa shape index (κ2) is 6.88. The minimum absolute atomic E-state index is 0.250. The minimum Gasteiger partial charge on any atom is -0.433 e. The number of anilines is 2. The van der Waals surface area contributed by atoms with Crippen LogP contribution in [0.1, 0.15) is 37.6 Å². The van der Waals surface area contributed by atoms with Crippen molar-refractivity contribution >= 4 is 27.4 Å². The number of H-pyrrole nitrogens is 1. The van der Waals surface area contributed by atoms with Crippen molar-refractivity contribution in [3.63, 3.8) is 0 Å². The van der Waals surface area contributed by atoms with Crippen molar-refractivity contribution in [3.05, 3.63) is 35.0 Å². The van der Waals surface area contributed by atoms with Gasteiger partial charge in [0.25, 0.3) is 0 Å². The summed E-state index contributed by atoms with van der Waals surface area (Å²) in [5.41, 5.74) is 2.96. The number of nitrogens with one attached hydrogen (secondary N) is 1. The van der Waals surface area contributed by atoms with Crippen LogP contribution >= 0.6 is 0 Å². The molecule has 1 aromatic carbocycles. The van der Waals surface area contributed by atoms with E-state index < -0.39 is 21.2 Å². The van der Waals surface area contributed by atoms with Crippen molar-refractivity contribution in [1.29, 1.82) is 0 Å². The summed E-state index contributed by atoms with van der Waals surface area (Å²) in [7, 11) is -3.90. The molecule has 0 amide bonds. The summed E-state index contributed by atoms with van der Waals surface area (Å²) >= 11 is 0. The maximum Gasteiger partial charge on any atom is 0.387 e. The van der Waals surface area contributed by atoms with E-state index in [1.807, 2.05) is 24.8 Å². The van der Waals surface area contributed by atoms with Crippen molar-refractivity contribution in [2.24, 2.45) is 0 Å². The molecule has 2 heterocycles. The summed E-state index contributed by atoms with van der Waals surface area (Å²) in [6.45, 7) is 5.67. The fraction of sp³-hybridized carbons (Fsp3) is 0.421. The summed E-state index contributed by atoms with van der Waals surface area (Å²) in [5, 5.41) is 7.20. The molecule has 0 atom stereocenters. The molecule has 6 nitrogen and oxygen atoms in total. The van der Waals surface area contributed by atoms with Crippen LogP contribution < -0.4 is 9.64 Å². The molecule has 0 bridgehead atoms. The van der Waals surface area contributed by atoms with E-state index in [0.29, 0.717) is 23.6 Å². The maximum absolute atomic E-state index is 13.0. The van der Waals surface area contributed by atoms with Gasteiger partial charge in [-0.1, -0.05) is 12.2 Å². The molecule has 28 heavy (non-hydrogen) atoms. The molecule has 1 aliphatic heterocycles. The Morgan fingerprint density at radius 2 is 1.93 bits per heavy atom. The van der Waals surface area contributed by atoms with Crippen LogP contribution in [-0.4, -0.2) is 36.5 Å². The summed E-state index contributed by atoms with van der Waals surface area (Å²) in [4.78, 5) is 1.58. The Bertz CT molecular complexity index is 1040. The second-order valence-electron chi connectivity index (χ2n) is 7.66. The number of aromatic amines is 1. The van der Waals surface area contributed by atoms with E-state index in [0.717, 1.165) is 11.3 Å². The Balaban J connectivity index is 2.23. The van der Waals surface area contributed by atoms with Crippen LogP contribution in [0.5, 0.6) is 5.75 Å². The number of nitrogens with zero attached hydrogens (tertiary/aromatic N) is 2. The van der Waals surface area contributed by atoms with E-state index in [1.165, 1.54) is 32.9 Å². The molecule has 0 saturated heterocycles. The zero-order valence-electron chi connectivity index (χ0n) is 16.4. The summed E-state index contributed by atoms with van der Waals surface area (Å²) in [6, 6.07) is 2.75. The van der Waals surface area contributed by atoms with Crippen LogP contribution in [-0.2, 0) is 9.84 Å². The van der Waals surface area contributed by atoms with Crippen molar-refractivity contribution in [2.75, 3.05) is 11.4 Å². The quantitative estimate of drug-likeness (QED) is 0.809. The summed E-state index contributed by atoms with van der Waals surface area (Å²) < 4.78 is 55.5. The molecular weight excluding hydrogens is 388 g/mol. The Kier molecular flexibility index (Phi) is 4.99. The van der Waals surface area contributed by atoms with Gasteiger partial charge in [0, 0.05) is 23.9 Å². The monoisotopic (exact) mass is 411 g/mol. The van der Waals surface area contributed by atoms with Gasteiger partial charge in [-0.05, 0) is 46.2 Å². The topological polar surface area (TPSA) is 75.3 Å². The van der Waals surface area contributed by atoms with E-state index in [9.17, 15) is 17.2 Å². The van der Waals surface area contributed by atoms with E-state index in [4.69, 9.17) is 0 Å². The number of ether oxygens (including phenoxy) is 1. The zero-order valence-corrected chi connectivity index (χ0v) is 17.2. The normalized spacial score (nSPS) is 14.5. The highest BCUT2D eigenvalue weighted by Crippen LogP contribution is 2.42. The Hall–Kier alpha value is -2.42. The lowest BCUT2D eigenvalue weighted by Crippen LogP contribution is -2.29. The van der Waals surface area contributed by atoms with Crippen molar-refractivity contribution < 1.29 is 21.9 Å². The standard InChI is InChI=1S/C19H23F2N3O3S/c1-11-12(2)22-23-17(11)24-8-6-7-13-9-16(28(25,26)19(3,4)5)15(10-14(13)24)27-18(20)21/h6-7,9-10,18H,8H2,1-5H3,(H,22,23). The number of fused-ring (bicyclic) bond motifs is 1. The molecule has 0 saturated carbocycles. The van der Waals surface area contributed by atoms with Crippen LogP contribution in [0.15, 0.2) is 23.1 Å². The maximum atomic E-state index is 13.0. The van der Waals surface area contributed by atoms with Gasteiger partial charge >= 0.3 is 6.61 Å². The average Bonchev–Trinajstić information content (AvgIpc) is 2.91. The lowest BCUT2D eigenvalue weighted by Gasteiger charge is -2.29. The predicted molar refractivity (Wildman–Crippen MR) is 104 cm³/mol. The van der Waals surface area contributed by atoms with Crippen molar-refractivity contribution in [2.45, 2.75) is 50.9 Å². The van der Waals surface area contributed by atoms with Crippen LogP contribution in [0, 0.1) is 13.8 Å². The van der Waals surface area contributed by atoms with Gasteiger partial charge in [-0.2, -0.15) is 13.9 Å². The molecule has 0 fully saturated rings. The molecule has 1 N–H and O–H groups in total. The molecule has 0 aliphatic carbocycles. The second-order valence-corrected chi connectivity index (χ2v) is 10.3. The third-order valence-electron chi connectivity index (χ3n) is 4.76. The SMILES string of the molecule is Cc1[nH]nc(N2CC=Cc3cc(S(=O)(=O)C(C)(C)C)c(OC(F)F)cc32)c1C. The number of rotatable bonds is 4. The molecule has 9 heteroatoms. The van der Waals surface area contributed by atoms with Gasteiger partial charge in [0.05, 0.1) is 10.4 Å². The smallest absolute Gasteiger partial charge is 0.387 e. The van der Waals surface area contributed by atoms with Crippen LogP contribution in [0.3, 0.4) is 0 Å². The zero-order chi connectivity index (χ0) is 20.9. The number of halogens is 2. The van der Waals surface area contributed by atoms with Gasteiger partial charge < -0.3 is 9.64 Å². The first-order chi connectivity index (χ1) is 12.9. The van der Waals surface area contributed by atoms with Gasteiger partial charge in [0.15, 0.2) is 15.7 Å². The first-order valence-electron chi connectivity index (χ1n) is 8.76. The van der Waals surface area contributed by atoms with E-state index in [-0.39, 0.29) is 10.6 Å². The Labute approximate surface area is 163 Å². The Morgan fingerprint density at radius 3 is 2.46 bits per heavy atom. The fourth-order valence-electron chi connectivity index (χ4n) is 2.98. The molecule has 0 spiro atoms. The third-order valence-corrected chi connectivity index (χ3v) is 7.27. The predicted octanol–water partition coefficient (Wildman–Crippen LogP) is 4.37. The number of benzene rings is 1. The highest BCUT2D eigenvalue weighted by Gasteiger charge is 2.35. The highest BCUT2D eigenvalue weighted by atomic mass is 32.2. The number of sulfone groups is 1. The molecule has 3 rings (SSSR count). The first-order valence-corrected chi connectivity index (χ1v) is 10.2. The van der Waals surface area contributed by atoms with Gasteiger partial charge in [0.1, 0.15) is 10.6 Å². The third kappa shape index (κ3) is 3.39. The van der Waals surface area contributed by atoms with Crippen molar-refractivity contribution in [1.82, 2.24) is 10.2 Å². The summed E-state index contributed by atoms with van der Waals surface area (Å²) in [5.74, 6) is 0.284.